The van der Waals surface area contributed by atoms with E-state index in [0.717, 1.165) is 30.8 Å². The summed E-state index contributed by atoms with van der Waals surface area (Å²) in [5.74, 6) is -0.0792. The summed E-state index contributed by atoms with van der Waals surface area (Å²) in [5.41, 5.74) is 3.49. The maximum atomic E-state index is 13.6. The van der Waals surface area contributed by atoms with Gasteiger partial charge in [0.2, 0.25) is 0 Å². The lowest BCUT2D eigenvalue weighted by atomic mass is 10.0. The first-order valence-corrected chi connectivity index (χ1v) is 14.8. The number of hydrogen-bond acceptors (Lipinski definition) is 5. The minimum absolute atomic E-state index is 0.140. The van der Waals surface area contributed by atoms with Crippen LogP contribution in [0.3, 0.4) is 0 Å². The number of amides is 1. The number of carbonyl (C=O) groups excluding carboxylic acids is 1. The Bertz CT molecular complexity index is 1410. The van der Waals surface area contributed by atoms with E-state index >= 15 is 0 Å². The highest BCUT2D eigenvalue weighted by molar-refractivity contribution is 7.92. The number of ether oxygens (including phenoxy) is 1. The first-order valence-electron chi connectivity index (χ1n) is 12.9. The highest BCUT2D eigenvalue weighted by Crippen LogP contribution is 2.39. The lowest BCUT2D eigenvalue weighted by Crippen LogP contribution is -2.50. The smallest absolute Gasteiger partial charge is 0.264 e. The summed E-state index contributed by atoms with van der Waals surface area (Å²) in [4.78, 5) is 15.9. The van der Waals surface area contributed by atoms with Crippen molar-refractivity contribution in [3.05, 3.63) is 88.4 Å². The van der Waals surface area contributed by atoms with Crippen LogP contribution in [0.5, 0.6) is 5.75 Å². The number of rotatable bonds is 7. The molecule has 3 aromatic carbocycles. The number of carbonyl (C=O) groups is 1. The fraction of sp³-hybridized carbons (Fsp3) is 0.345. The number of nitrogens with one attached hydrogen (secondary N) is 1. The first-order chi connectivity index (χ1) is 18.3. The van der Waals surface area contributed by atoms with E-state index in [1.165, 1.54) is 29.1 Å². The van der Waals surface area contributed by atoms with Gasteiger partial charge in [0, 0.05) is 18.1 Å². The second-order valence-corrected chi connectivity index (χ2v) is 12.2. The van der Waals surface area contributed by atoms with Gasteiger partial charge in [-0.25, -0.2) is 8.42 Å². The van der Waals surface area contributed by atoms with Crippen LogP contribution in [0.15, 0.2) is 71.6 Å². The minimum atomic E-state index is -3.96. The molecular weight excluding hydrogens is 522 g/mol. The molecule has 2 heterocycles. The maximum absolute atomic E-state index is 13.6. The van der Waals surface area contributed by atoms with E-state index in [1.807, 2.05) is 25.1 Å². The van der Waals surface area contributed by atoms with E-state index in [-0.39, 0.29) is 17.3 Å². The third kappa shape index (κ3) is 5.82. The molecule has 0 radical (unpaired) electrons. The number of halogens is 1. The van der Waals surface area contributed by atoms with Crippen molar-refractivity contribution < 1.29 is 17.9 Å². The summed E-state index contributed by atoms with van der Waals surface area (Å²) >= 11 is 6.20. The molecule has 1 amide bonds. The largest absolute Gasteiger partial charge is 0.476 e. The molecule has 1 fully saturated rings. The van der Waals surface area contributed by atoms with Crippen molar-refractivity contribution in [2.45, 2.75) is 50.3 Å². The predicted molar refractivity (Wildman–Crippen MR) is 149 cm³/mol. The Balaban J connectivity index is 1.34. The number of nitrogens with zero attached hydrogens (tertiary/aromatic N) is 2. The molecular formula is C29H32ClN3O4S. The number of piperidine rings is 1. The van der Waals surface area contributed by atoms with Gasteiger partial charge in [0.1, 0.15) is 5.75 Å². The van der Waals surface area contributed by atoms with Crippen LogP contribution < -0.4 is 14.4 Å². The zero-order valence-electron chi connectivity index (χ0n) is 21.4. The molecule has 1 unspecified atom stereocenters. The van der Waals surface area contributed by atoms with Crippen molar-refractivity contribution in [3.63, 3.8) is 0 Å². The molecule has 1 atom stereocenters. The van der Waals surface area contributed by atoms with Gasteiger partial charge in [-0.2, -0.15) is 0 Å². The van der Waals surface area contributed by atoms with Crippen LogP contribution in [-0.2, 0) is 27.9 Å². The number of aryl methyl sites for hydroxylation is 1. The monoisotopic (exact) mass is 553 g/mol. The van der Waals surface area contributed by atoms with E-state index in [0.29, 0.717) is 23.0 Å². The van der Waals surface area contributed by atoms with E-state index in [2.05, 4.69) is 16.3 Å². The van der Waals surface area contributed by atoms with Crippen molar-refractivity contribution in [2.75, 3.05) is 23.9 Å². The van der Waals surface area contributed by atoms with Crippen molar-refractivity contribution in [3.8, 4) is 5.75 Å². The van der Waals surface area contributed by atoms with Gasteiger partial charge in [0.25, 0.3) is 15.9 Å². The standard InChI is InChI=1S/C29H32ClN3O4S/c1-21-9-12-25(13-10-21)38(35,36)33-20-28(37-27-14-11-24(30)17-26(27)33)29(34)31-18-22-7-3-4-8-23(22)19-32-15-5-2-6-16-32/h3-4,7-14,17,28H,2,5-6,15-16,18-20H2,1H3,(H,31,34). The third-order valence-electron chi connectivity index (χ3n) is 7.11. The molecule has 0 saturated carbocycles. The Hall–Kier alpha value is -3.07. The summed E-state index contributed by atoms with van der Waals surface area (Å²) in [6, 6.07) is 19.5. The SMILES string of the molecule is Cc1ccc(S(=O)(=O)N2CC(C(=O)NCc3ccccc3CN3CCCCC3)Oc3ccc(Cl)cc32)cc1. The Morgan fingerprint density at radius 3 is 2.45 bits per heavy atom. The number of likely N-dealkylation sites (tertiary alicyclic amines) is 1. The van der Waals surface area contributed by atoms with Gasteiger partial charge in [-0.1, -0.05) is 60.0 Å². The molecule has 38 heavy (non-hydrogen) atoms. The van der Waals surface area contributed by atoms with Gasteiger partial charge in [-0.3, -0.25) is 14.0 Å². The van der Waals surface area contributed by atoms with Gasteiger partial charge in [-0.15, -0.1) is 0 Å². The highest BCUT2D eigenvalue weighted by Gasteiger charge is 2.37. The first kappa shape index (κ1) is 26.5. The summed E-state index contributed by atoms with van der Waals surface area (Å²) in [6.07, 6.45) is 2.69. The number of fused-ring (bicyclic) bond motifs is 1. The molecule has 0 aliphatic carbocycles. The third-order valence-corrected chi connectivity index (χ3v) is 9.14. The molecule has 0 bridgehead atoms. The topological polar surface area (TPSA) is 79.0 Å². The minimum Gasteiger partial charge on any atom is -0.476 e. The molecule has 0 aromatic heterocycles. The fourth-order valence-corrected chi connectivity index (χ4v) is 6.60. The second kappa shape index (κ2) is 11.4. The lowest BCUT2D eigenvalue weighted by molar-refractivity contribution is -0.127. The maximum Gasteiger partial charge on any atom is 0.264 e. The molecule has 1 saturated heterocycles. The van der Waals surface area contributed by atoms with E-state index in [1.54, 1.807) is 42.5 Å². The van der Waals surface area contributed by atoms with Crippen LogP contribution in [0.25, 0.3) is 0 Å². The zero-order chi connectivity index (χ0) is 26.7. The van der Waals surface area contributed by atoms with Crippen molar-refractivity contribution in [2.24, 2.45) is 0 Å². The number of benzene rings is 3. The van der Waals surface area contributed by atoms with Crippen LogP contribution in [0.1, 0.15) is 36.0 Å². The second-order valence-electron chi connectivity index (χ2n) is 9.89. The Labute approximate surface area is 229 Å². The van der Waals surface area contributed by atoms with Crippen LogP contribution in [-0.4, -0.2) is 45.0 Å². The summed E-state index contributed by atoms with van der Waals surface area (Å²) in [7, 11) is -3.96. The van der Waals surface area contributed by atoms with Gasteiger partial charge in [0.05, 0.1) is 17.1 Å². The predicted octanol–water partition coefficient (Wildman–Crippen LogP) is 4.91. The van der Waals surface area contributed by atoms with E-state index in [4.69, 9.17) is 16.3 Å². The van der Waals surface area contributed by atoms with Crippen LogP contribution in [0.4, 0.5) is 5.69 Å². The van der Waals surface area contributed by atoms with Gasteiger partial charge >= 0.3 is 0 Å². The average Bonchev–Trinajstić information content (AvgIpc) is 2.92. The molecule has 200 valence electrons. The molecule has 0 spiro atoms. The lowest BCUT2D eigenvalue weighted by Gasteiger charge is -2.35. The zero-order valence-corrected chi connectivity index (χ0v) is 23.0. The van der Waals surface area contributed by atoms with Crippen LogP contribution in [0, 0.1) is 6.92 Å². The average molecular weight is 554 g/mol. The summed E-state index contributed by atoms with van der Waals surface area (Å²) in [5, 5.41) is 3.36. The molecule has 9 heteroatoms. The highest BCUT2D eigenvalue weighted by atomic mass is 35.5. The molecule has 3 aromatic rings. The Morgan fingerprint density at radius 1 is 1.00 bits per heavy atom. The van der Waals surface area contributed by atoms with E-state index < -0.39 is 16.1 Å². The number of sulfonamides is 1. The van der Waals surface area contributed by atoms with Crippen molar-refractivity contribution in [1.82, 2.24) is 10.2 Å². The van der Waals surface area contributed by atoms with Crippen molar-refractivity contribution in [1.29, 1.82) is 0 Å². The molecule has 5 rings (SSSR count). The normalized spacial score (nSPS) is 17.9. The fourth-order valence-electron chi connectivity index (χ4n) is 4.96. The molecule has 7 nitrogen and oxygen atoms in total. The van der Waals surface area contributed by atoms with Gasteiger partial charge in [0.15, 0.2) is 6.10 Å². The van der Waals surface area contributed by atoms with Gasteiger partial charge < -0.3 is 10.1 Å². The summed E-state index contributed by atoms with van der Waals surface area (Å²) < 4.78 is 34.5. The number of hydrogen-bond donors (Lipinski definition) is 1. The van der Waals surface area contributed by atoms with E-state index in [9.17, 15) is 13.2 Å². The van der Waals surface area contributed by atoms with Gasteiger partial charge in [-0.05, 0) is 74.3 Å². The molecule has 1 N–H and O–H groups in total. The molecule has 2 aliphatic heterocycles. The van der Waals surface area contributed by atoms with Crippen molar-refractivity contribution >= 4 is 33.2 Å². The molecule has 2 aliphatic rings. The summed E-state index contributed by atoms with van der Waals surface area (Å²) in [6.45, 7) is 5.09. The number of anilines is 1. The Morgan fingerprint density at radius 2 is 1.71 bits per heavy atom. The van der Waals surface area contributed by atoms with Crippen LogP contribution >= 0.6 is 11.6 Å². The van der Waals surface area contributed by atoms with Crippen LogP contribution in [0.2, 0.25) is 5.02 Å². The Kier molecular flexibility index (Phi) is 7.93. The quantitative estimate of drug-likeness (QED) is 0.450.